The third-order valence-corrected chi connectivity index (χ3v) is 3.79. The summed E-state index contributed by atoms with van der Waals surface area (Å²) in [5, 5.41) is 0. The van der Waals surface area contributed by atoms with E-state index in [2.05, 4.69) is 9.97 Å². The van der Waals surface area contributed by atoms with Crippen molar-refractivity contribution < 1.29 is 14.3 Å². The molecule has 3 aromatic rings. The molecule has 0 atom stereocenters. The van der Waals surface area contributed by atoms with Crippen LogP contribution in [0, 0.1) is 0 Å². The van der Waals surface area contributed by atoms with Crippen molar-refractivity contribution in [3.63, 3.8) is 0 Å². The lowest BCUT2D eigenvalue weighted by Gasteiger charge is -2.18. The number of hydrogen-bond donors (Lipinski definition) is 0. The molecule has 122 valence electrons. The fourth-order valence-electron chi connectivity index (χ4n) is 2.57. The molecule has 0 radical (unpaired) electrons. The number of rotatable bonds is 3. The molecular formula is C20H14N2O3. The van der Waals surface area contributed by atoms with Gasteiger partial charge in [0.05, 0.1) is 11.8 Å². The number of para-hydroxylation sites is 1. The Kier molecular flexibility index (Phi) is 3.96. The lowest BCUT2D eigenvalue weighted by atomic mass is 9.98. The molecule has 2 aromatic carbocycles. The number of aromatic nitrogens is 2. The second-order valence-corrected chi connectivity index (χ2v) is 5.50. The SMILES string of the molecule is O=C1/C(=C/c2ccc(Oc3cnccn3)cc2)COc2ccccc21. The Balaban J connectivity index is 1.53. The Morgan fingerprint density at radius 2 is 1.88 bits per heavy atom. The lowest BCUT2D eigenvalue weighted by molar-refractivity contribution is 0.100. The second-order valence-electron chi connectivity index (χ2n) is 5.50. The number of ether oxygens (including phenoxy) is 2. The molecule has 2 heterocycles. The largest absolute Gasteiger partial charge is 0.488 e. The van der Waals surface area contributed by atoms with Gasteiger partial charge in [0.2, 0.25) is 5.88 Å². The number of Topliss-reactive ketones (excluding diaryl/α,β-unsaturated/α-hetero) is 1. The maximum Gasteiger partial charge on any atom is 0.237 e. The molecule has 0 spiro atoms. The molecule has 0 unspecified atom stereocenters. The van der Waals surface area contributed by atoms with Crippen LogP contribution in [0.1, 0.15) is 15.9 Å². The van der Waals surface area contributed by atoms with Crippen LogP contribution in [0.2, 0.25) is 0 Å². The summed E-state index contributed by atoms with van der Waals surface area (Å²) in [6.07, 6.45) is 6.54. The summed E-state index contributed by atoms with van der Waals surface area (Å²) in [6.45, 7) is 0.272. The third kappa shape index (κ3) is 3.26. The first-order valence-electron chi connectivity index (χ1n) is 7.81. The maximum absolute atomic E-state index is 12.5. The standard InChI is InChI=1S/C20H14N2O3/c23-20-15(13-24-18-4-2-1-3-17(18)20)11-14-5-7-16(8-6-14)25-19-12-21-9-10-22-19/h1-12H,13H2/b15-11+. The van der Waals surface area contributed by atoms with E-state index in [1.54, 1.807) is 24.7 Å². The number of fused-ring (bicyclic) bond motifs is 1. The van der Waals surface area contributed by atoms with Gasteiger partial charge in [0.1, 0.15) is 18.1 Å². The van der Waals surface area contributed by atoms with Crippen molar-refractivity contribution in [1.82, 2.24) is 9.97 Å². The molecule has 1 aliphatic rings. The molecule has 1 aromatic heterocycles. The van der Waals surface area contributed by atoms with Crippen molar-refractivity contribution in [1.29, 1.82) is 0 Å². The number of benzene rings is 2. The lowest BCUT2D eigenvalue weighted by Crippen LogP contribution is -2.18. The fraction of sp³-hybridized carbons (Fsp3) is 0.0500. The van der Waals surface area contributed by atoms with Crippen molar-refractivity contribution >= 4 is 11.9 Å². The van der Waals surface area contributed by atoms with Crippen LogP contribution in [0.4, 0.5) is 0 Å². The van der Waals surface area contributed by atoms with Gasteiger partial charge in [0.15, 0.2) is 5.78 Å². The van der Waals surface area contributed by atoms with E-state index in [0.717, 1.165) is 5.56 Å². The molecule has 1 aliphatic heterocycles. The molecule has 0 amide bonds. The van der Waals surface area contributed by atoms with Crippen molar-refractivity contribution in [2.75, 3.05) is 6.61 Å². The Bertz CT molecular complexity index is 935. The molecule has 5 heteroatoms. The van der Waals surface area contributed by atoms with Crippen LogP contribution in [0.25, 0.3) is 6.08 Å². The summed E-state index contributed by atoms with van der Waals surface area (Å²) in [7, 11) is 0. The van der Waals surface area contributed by atoms with Gasteiger partial charge >= 0.3 is 0 Å². The van der Waals surface area contributed by atoms with E-state index in [-0.39, 0.29) is 12.4 Å². The topological polar surface area (TPSA) is 61.3 Å². The molecule has 5 nitrogen and oxygen atoms in total. The van der Waals surface area contributed by atoms with E-state index in [0.29, 0.717) is 28.5 Å². The van der Waals surface area contributed by atoms with Gasteiger partial charge < -0.3 is 9.47 Å². The zero-order valence-electron chi connectivity index (χ0n) is 13.3. The highest BCUT2D eigenvalue weighted by atomic mass is 16.5. The summed E-state index contributed by atoms with van der Waals surface area (Å²) in [6, 6.07) is 14.7. The number of carbonyl (C=O) groups excluding carboxylic acids is 1. The van der Waals surface area contributed by atoms with Crippen LogP contribution < -0.4 is 9.47 Å². The zero-order valence-corrected chi connectivity index (χ0v) is 13.3. The van der Waals surface area contributed by atoms with Crippen molar-refractivity contribution in [3.05, 3.63) is 83.8 Å². The quantitative estimate of drug-likeness (QED) is 0.681. The minimum absolute atomic E-state index is 0.00161. The highest BCUT2D eigenvalue weighted by molar-refractivity contribution is 6.14. The predicted octanol–water partition coefficient (Wildman–Crippen LogP) is 3.93. The van der Waals surface area contributed by atoms with E-state index < -0.39 is 0 Å². The van der Waals surface area contributed by atoms with Crippen LogP contribution in [-0.4, -0.2) is 22.4 Å². The van der Waals surface area contributed by atoms with E-state index in [9.17, 15) is 4.79 Å². The van der Waals surface area contributed by atoms with Crippen LogP contribution >= 0.6 is 0 Å². The summed E-state index contributed by atoms with van der Waals surface area (Å²) >= 11 is 0. The molecule has 0 saturated heterocycles. The average Bonchev–Trinajstić information content (AvgIpc) is 2.67. The first-order chi connectivity index (χ1) is 12.3. The fourth-order valence-corrected chi connectivity index (χ4v) is 2.57. The van der Waals surface area contributed by atoms with Gasteiger partial charge in [-0.2, -0.15) is 0 Å². The summed E-state index contributed by atoms with van der Waals surface area (Å²) < 4.78 is 11.3. The predicted molar refractivity (Wildman–Crippen MR) is 92.8 cm³/mol. The minimum atomic E-state index is 0.00161. The summed E-state index contributed by atoms with van der Waals surface area (Å²) in [5.74, 6) is 1.72. The smallest absolute Gasteiger partial charge is 0.237 e. The minimum Gasteiger partial charge on any atom is -0.488 e. The van der Waals surface area contributed by atoms with E-state index in [1.165, 1.54) is 0 Å². The zero-order chi connectivity index (χ0) is 17.1. The van der Waals surface area contributed by atoms with E-state index in [4.69, 9.17) is 9.47 Å². The monoisotopic (exact) mass is 330 g/mol. The maximum atomic E-state index is 12.5. The Morgan fingerprint density at radius 3 is 2.68 bits per heavy atom. The number of hydrogen-bond acceptors (Lipinski definition) is 5. The molecule has 4 rings (SSSR count). The van der Waals surface area contributed by atoms with Gasteiger partial charge in [-0.15, -0.1) is 0 Å². The molecule has 0 N–H and O–H groups in total. The van der Waals surface area contributed by atoms with Gasteiger partial charge in [-0.25, -0.2) is 4.98 Å². The van der Waals surface area contributed by atoms with E-state index >= 15 is 0 Å². The Hall–Kier alpha value is -3.47. The Labute approximate surface area is 144 Å². The average molecular weight is 330 g/mol. The molecular weight excluding hydrogens is 316 g/mol. The Morgan fingerprint density at radius 1 is 1.04 bits per heavy atom. The molecule has 0 fully saturated rings. The number of ketones is 1. The third-order valence-electron chi connectivity index (χ3n) is 3.79. The molecule has 25 heavy (non-hydrogen) atoms. The van der Waals surface area contributed by atoms with Crippen LogP contribution in [-0.2, 0) is 0 Å². The van der Waals surface area contributed by atoms with Crippen LogP contribution in [0.15, 0.2) is 72.7 Å². The highest BCUT2D eigenvalue weighted by Crippen LogP contribution is 2.28. The molecule has 0 bridgehead atoms. The first kappa shape index (κ1) is 15.1. The van der Waals surface area contributed by atoms with Gasteiger partial charge in [-0.3, -0.25) is 9.78 Å². The van der Waals surface area contributed by atoms with Crippen molar-refractivity contribution in [3.8, 4) is 17.4 Å². The number of carbonyl (C=O) groups is 1. The highest BCUT2D eigenvalue weighted by Gasteiger charge is 2.22. The summed E-state index contributed by atoms with van der Waals surface area (Å²) in [4.78, 5) is 20.6. The summed E-state index contributed by atoms with van der Waals surface area (Å²) in [5.41, 5.74) is 2.13. The van der Waals surface area contributed by atoms with Gasteiger partial charge in [-0.05, 0) is 35.9 Å². The van der Waals surface area contributed by atoms with Crippen molar-refractivity contribution in [2.45, 2.75) is 0 Å². The van der Waals surface area contributed by atoms with Crippen LogP contribution in [0.5, 0.6) is 17.4 Å². The van der Waals surface area contributed by atoms with Gasteiger partial charge in [0.25, 0.3) is 0 Å². The van der Waals surface area contributed by atoms with Gasteiger partial charge in [-0.1, -0.05) is 24.3 Å². The van der Waals surface area contributed by atoms with Crippen molar-refractivity contribution in [2.24, 2.45) is 0 Å². The molecule has 0 saturated carbocycles. The normalized spacial score (nSPS) is 14.7. The first-order valence-corrected chi connectivity index (χ1v) is 7.81. The van der Waals surface area contributed by atoms with Crippen LogP contribution in [0.3, 0.4) is 0 Å². The van der Waals surface area contributed by atoms with Gasteiger partial charge in [0, 0.05) is 18.0 Å². The van der Waals surface area contributed by atoms with E-state index in [1.807, 2.05) is 48.5 Å². The number of nitrogens with zero attached hydrogens (tertiary/aromatic N) is 2. The molecule has 0 aliphatic carbocycles. The second kappa shape index (κ2) is 6.57.